The number of nitrogens with zero attached hydrogens (tertiary/aromatic N) is 1. The van der Waals surface area contributed by atoms with Crippen molar-refractivity contribution in [1.29, 1.82) is 0 Å². The molecule has 3 amide bonds. The first-order valence-corrected chi connectivity index (χ1v) is 9.60. The highest BCUT2D eigenvalue weighted by Crippen LogP contribution is 2.29. The van der Waals surface area contributed by atoms with E-state index in [-0.39, 0.29) is 11.8 Å². The molecular formula is C17H23N3O3S. The monoisotopic (exact) mass is 349 g/mol. The number of amides is 3. The van der Waals surface area contributed by atoms with Crippen LogP contribution in [0.4, 0.5) is 4.79 Å². The van der Waals surface area contributed by atoms with Crippen LogP contribution < -0.4 is 10.6 Å². The predicted octanol–water partition coefficient (Wildman–Crippen LogP) is 1.10. The van der Waals surface area contributed by atoms with Gasteiger partial charge < -0.3 is 10.2 Å². The summed E-state index contributed by atoms with van der Waals surface area (Å²) in [6.45, 7) is 4.19. The number of rotatable bonds is 5. The van der Waals surface area contributed by atoms with Crippen LogP contribution in [-0.4, -0.2) is 52.0 Å². The fraction of sp³-hybridized carbons (Fsp3) is 0.529. The van der Waals surface area contributed by atoms with E-state index >= 15 is 0 Å². The SMILES string of the molecule is C[C@]1([C@@H]2CCCN(CC[S@@](=O)c3ccccc3)C2)NC(=O)NC1=O. The molecule has 2 heterocycles. The molecule has 0 aromatic heterocycles. The van der Waals surface area contributed by atoms with E-state index in [9.17, 15) is 13.8 Å². The molecule has 130 valence electrons. The molecule has 2 saturated heterocycles. The van der Waals surface area contributed by atoms with Crippen LogP contribution in [-0.2, 0) is 15.6 Å². The molecule has 2 fully saturated rings. The number of imide groups is 1. The number of nitrogens with one attached hydrogen (secondary N) is 2. The van der Waals surface area contributed by atoms with Crippen molar-refractivity contribution in [3.63, 3.8) is 0 Å². The summed E-state index contributed by atoms with van der Waals surface area (Å²) in [5, 5.41) is 5.11. The highest BCUT2D eigenvalue weighted by molar-refractivity contribution is 7.85. The summed E-state index contributed by atoms with van der Waals surface area (Å²) < 4.78 is 12.3. The van der Waals surface area contributed by atoms with Gasteiger partial charge in [0.1, 0.15) is 5.54 Å². The molecule has 1 aromatic carbocycles. The van der Waals surface area contributed by atoms with Crippen molar-refractivity contribution in [1.82, 2.24) is 15.5 Å². The van der Waals surface area contributed by atoms with Crippen LogP contribution in [0.15, 0.2) is 35.2 Å². The maximum Gasteiger partial charge on any atom is 0.322 e. The van der Waals surface area contributed by atoms with Gasteiger partial charge in [-0.05, 0) is 38.4 Å². The molecule has 2 aliphatic rings. The van der Waals surface area contributed by atoms with Gasteiger partial charge in [0.05, 0.1) is 10.8 Å². The number of hydrogen-bond acceptors (Lipinski definition) is 4. The zero-order chi connectivity index (χ0) is 17.2. The molecule has 3 atom stereocenters. The van der Waals surface area contributed by atoms with E-state index in [0.29, 0.717) is 5.75 Å². The molecule has 2 N–H and O–H groups in total. The first kappa shape index (κ1) is 17.1. The van der Waals surface area contributed by atoms with Crippen LogP contribution in [0.3, 0.4) is 0 Å². The van der Waals surface area contributed by atoms with E-state index in [2.05, 4.69) is 15.5 Å². The second kappa shape index (κ2) is 7.03. The number of likely N-dealkylation sites (tertiary alicyclic amines) is 1. The number of benzene rings is 1. The summed E-state index contributed by atoms with van der Waals surface area (Å²) in [4.78, 5) is 26.7. The lowest BCUT2D eigenvalue weighted by molar-refractivity contribution is -0.126. The number of piperidine rings is 1. The number of hydrogen-bond donors (Lipinski definition) is 2. The predicted molar refractivity (Wildman–Crippen MR) is 92.0 cm³/mol. The van der Waals surface area contributed by atoms with Gasteiger partial charge in [0.2, 0.25) is 0 Å². The molecule has 0 aliphatic carbocycles. The fourth-order valence-electron chi connectivity index (χ4n) is 3.48. The van der Waals surface area contributed by atoms with E-state index in [4.69, 9.17) is 0 Å². The van der Waals surface area contributed by atoms with Crippen molar-refractivity contribution in [2.24, 2.45) is 5.92 Å². The lowest BCUT2D eigenvalue weighted by atomic mass is 9.80. The maximum absolute atomic E-state index is 12.3. The zero-order valence-corrected chi connectivity index (χ0v) is 14.6. The van der Waals surface area contributed by atoms with Gasteiger partial charge >= 0.3 is 6.03 Å². The van der Waals surface area contributed by atoms with Gasteiger partial charge in [-0.15, -0.1) is 0 Å². The molecule has 0 bridgehead atoms. The summed E-state index contributed by atoms with van der Waals surface area (Å²) in [6.07, 6.45) is 1.88. The summed E-state index contributed by atoms with van der Waals surface area (Å²) in [5.41, 5.74) is -0.839. The van der Waals surface area contributed by atoms with Gasteiger partial charge in [0, 0.05) is 29.7 Å². The smallest absolute Gasteiger partial charge is 0.322 e. The maximum atomic E-state index is 12.3. The van der Waals surface area contributed by atoms with Crippen LogP contribution in [0.5, 0.6) is 0 Å². The summed E-state index contributed by atoms with van der Waals surface area (Å²) in [5.74, 6) is 0.404. The molecule has 0 saturated carbocycles. The average Bonchev–Trinajstić information content (AvgIpc) is 2.87. The Morgan fingerprint density at radius 2 is 2.04 bits per heavy atom. The molecule has 0 spiro atoms. The minimum absolute atomic E-state index is 0.0721. The van der Waals surface area contributed by atoms with Gasteiger partial charge in [-0.1, -0.05) is 18.2 Å². The van der Waals surface area contributed by atoms with Crippen molar-refractivity contribution >= 4 is 22.7 Å². The summed E-state index contributed by atoms with van der Waals surface area (Å²) in [7, 11) is -1.01. The third kappa shape index (κ3) is 3.52. The largest absolute Gasteiger partial charge is 0.323 e. The number of carbonyl (C=O) groups excluding carboxylic acids is 2. The molecule has 3 rings (SSSR count). The molecule has 6 nitrogen and oxygen atoms in total. The van der Waals surface area contributed by atoms with Gasteiger partial charge in [0.15, 0.2) is 0 Å². The first-order valence-electron chi connectivity index (χ1n) is 8.28. The molecule has 2 aliphatic heterocycles. The molecule has 7 heteroatoms. The van der Waals surface area contributed by atoms with Crippen LogP contribution in [0.25, 0.3) is 0 Å². The van der Waals surface area contributed by atoms with Crippen molar-refractivity contribution in [2.75, 3.05) is 25.4 Å². The van der Waals surface area contributed by atoms with E-state index in [1.165, 1.54) is 0 Å². The van der Waals surface area contributed by atoms with E-state index < -0.39 is 22.4 Å². The highest BCUT2D eigenvalue weighted by atomic mass is 32.2. The van der Waals surface area contributed by atoms with Gasteiger partial charge in [-0.3, -0.25) is 14.3 Å². The molecule has 24 heavy (non-hydrogen) atoms. The standard InChI is InChI=1S/C17H23N3O3S/c1-17(15(21)18-16(22)19-17)13-6-5-9-20(12-13)10-11-24(23)14-7-3-2-4-8-14/h2-4,7-8,13H,5-6,9-12H2,1H3,(H2,18,19,21,22)/t13-,17-,24-/m1/s1. The number of carbonyl (C=O) groups is 2. The Morgan fingerprint density at radius 3 is 2.71 bits per heavy atom. The lowest BCUT2D eigenvalue weighted by Crippen LogP contribution is -2.56. The van der Waals surface area contributed by atoms with Crippen molar-refractivity contribution in [3.05, 3.63) is 30.3 Å². The third-order valence-electron chi connectivity index (χ3n) is 4.99. The van der Waals surface area contributed by atoms with Gasteiger partial charge in [-0.2, -0.15) is 0 Å². The van der Waals surface area contributed by atoms with Crippen molar-refractivity contribution in [2.45, 2.75) is 30.2 Å². The first-order chi connectivity index (χ1) is 11.5. The van der Waals surface area contributed by atoms with Crippen LogP contribution >= 0.6 is 0 Å². The van der Waals surface area contributed by atoms with Crippen molar-refractivity contribution < 1.29 is 13.8 Å². The normalized spacial score (nSPS) is 29.1. The van der Waals surface area contributed by atoms with E-state index in [0.717, 1.165) is 37.4 Å². The Balaban J connectivity index is 1.57. The zero-order valence-electron chi connectivity index (χ0n) is 13.8. The second-order valence-electron chi connectivity index (χ2n) is 6.61. The number of urea groups is 1. The quantitative estimate of drug-likeness (QED) is 0.781. The molecule has 0 unspecified atom stereocenters. The fourth-order valence-corrected chi connectivity index (χ4v) is 4.60. The summed E-state index contributed by atoms with van der Waals surface area (Å²) >= 11 is 0. The van der Waals surface area contributed by atoms with Crippen LogP contribution in [0.1, 0.15) is 19.8 Å². The highest BCUT2D eigenvalue weighted by Gasteiger charge is 2.48. The Hall–Kier alpha value is -1.73. The topological polar surface area (TPSA) is 78.5 Å². The van der Waals surface area contributed by atoms with Crippen LogP contribution in [0, 0.1) is 5.92 Å². The van der Waals surface area contributed by atoms with Crippen molar-refractivity contribution in [3.8, 4) is 0 Å². The van der Waals surface area contributed by atoms with Gasteiger partial charge in [-0.25, -0.2) is 4.79 Å². The molecular weight excluding hydrogens is 326 g/mol. The molecule has 1 aromatic rings. The van der Waals surface area contributed by atoms with E-state index in [1.807, 2.05) is 30.3 Å². The lowest BCUT2D eigenvalue weighted by Gasteiger charge is -2.39. The third-order valence-corrected chi connectivity index (χ3v) is 6.34. The molecule has 0 radical (unpaired) electrons. The average molecular weight is 349 g/mol. The van der Waals surface area contributed by atoms with Gasteiger partial charge in [0.25, 0.3) is 5.91 Å². The Labute approximate surface area is 144 Å². The summed E-state index contributed by atoms with van der Waals surface area (Å²) in [6, 6.07) is 9.06. The van der Waals surface area contributed by atoms with Crippen LogP contribution in [0.2, 0.25) is 0 Å². The minimum atomic E-state index is -1.01. The van der Waals surface area contributed by atoms with E-state index in [1.54, 1.807) is 6.92 Å². The Bertz CT molecular complexity index is 652. The Kier molecular flexibility index (Phi) is 5.01. The Morgan fingerprint density at radius 1 is 1.29 bits per heavy atom. The second-order valence-corrected chi connectivity index (χ2v) is 8.18. The minimum Gasteiger partial charge on any atom is -0.323 e.